The average Bonchev–Trinajstić information content (AvgIpc) is 3.34. The number of aryl methyl sites for hydroxylation is 1. The van der Waals surface area contributed by atoms with Gasteiger partial charge in [0.1, 0.15) is 5.82 Å². The van der Waals surface area contributed by atoms with Gasteiger partial charge in [0.05, 0.1) is 0 Å². The second-order valence-electron chi connectivity index (χ2n) is 8.49. The summed E-state index contributed by atoms with van der Waals surface area (Å²) >= 11 is 0. The number of nitrogens with zero attached hydrogens (tertiary/aromatic N) is 7. The minimum atomic E-state index is -3.33. The van der Waals surface area contributed by atoms with Gasteiger partial charge in [0.2, 0.25) is 0 Å². The van der Waals surface area contributed by atoms with E-state index in [4.69, 9.17) is 5.10 Å². The van der Waals surface area contributed by atoms with Crippen molar-refractivity contribution in [3.05, 3.63) is 18.0 Å². The first-order valence-electron chi connectivity index (χ1n) is 10.8. The SMILES string of the molecule is CCc1nnc2ccc(N3CC4CN(S(=O)(=O)N5CCCCCC5)CC4C3)nn12. The van der Waals surface area contributed by atoms with Crippen LogP contribution in [0.2, 0.25) is 0 Å². The molecule has 0 bridgehead atoms. The summed E-state index contributed by atoms with van der Waals surface area (Å²) in [5.74, 6) is 2.50. The molecule has 3 fully saturated rings. The van der Waals surface area contributed by atoms with Gasteiger partial charge in [-0.3, -0.25) is 0 Å². The van der Waals surface area contributed by atoms with Crippen molar-refractivity contribution in [2.24, 2.45) is 11.8 Å². The molecule has 0 aromatic carbocycles. The lowest BCUT2D eigenvalue weighted by molar-refractivity contribution is 0.359. The zero-order valence-electron chi connectivity index (χ0n) is 16.9. The average molecular weight is 420 g/mol. The molecular formula is C19H29N7O2S. The van der Waals surface area contributed by atoms with E-state index in [1.165, 1.54) is 0 Å². The molecule has 0 saturated carbocycles. The molecule has 0 N–H and O–H groups in total. The Bertz CT molecular complexity index is 970. The number of aromatic nitrogens is 4. The van der Waals surface area contributed by atoms with E-state index in [0.717, 1.165) is 62.5 Å². The maximum absolute atomic E-state index is 13.1. The first-order valence-corrected chi connectivity index (χ1v) is 12.2. The van der Waals surface area contributed by atoms with Crippen LogP contribution in [0.3, 0.4) is 0 Å². The number of rotatable bonds is 4. The van der Waals surface area contributed by atoms with E-state index in [9.17, 15) is 8.42 Å². The predicted octanol–water partition coefficient (Wildman–Crippen LogP) is 1.18. The van der Waals surface area contributed by atoms with Crippen molar-refractivity contribution in [3.8, 4) is 0 Å². The van der Waals surface area contributed by atoms with Crippen LogP contribution in [0.25, 0.3) is 5.65 Å². The van der Waals surface area contributed by atoms with Gasteiger partial charge in [0, 0.05) is 45.7 Å². The third-order valence-corrected chi connectivity index (χ3v) is 8.59. The van der Waals surface area contributed by atoms with Gasteiger partial charge in [0.15, 0.2) is 11.5 Å². The third-order valence-electron chi connectivity index (χ3n) is 6.62. The van der Waals surface area contributed by atoms with Crippen LogP contribution in [0.4, 0.5) is 5.82 Å². The van der Waals surface area contributed by atoms with Gasteiger partial charge in [-0.2, -0.15) is 21.5 Å². The zero-order valence-corrected chi connectivity index (χ0v) is 17.8. The molecule has 10 heteroatoms. The Labute approximate surface area is 171 Å². The molecule has 0 aliphatic carbocycles. The van der Waals surface area contributed by atoms with E-state index < -0.39 is 10.2 Å². The summed E-state index contributed by atoms with van der Waals surface area (Å²) < 4.78 is 31.5. The Hall–Kier alpha value is -1.78. The van der Waals surface area contributed by atoms with E-state index in [1.807, 2.05) is 23.6 Å². The van der Waals surface area contributed by atoms with Crippen LogP contribution < -0.4 is 4.90 Å². The molecular weight excluding hydrogens is 390 g/mol. The third kappa shape index (κ3) is 3.40. The van der Waals surface area contributed by atoms with Crippen molar-refractivity contribution in [2.75, 3.05) is 44.2 Å². The van der Waals surface area contributed by atoms with E-state index >= 15 is 0 Å². The molecule has 2 unspecified atom stereocenters. The molecule has 2 aromatic heterocycles. The van der Waals surface area contributed by atoms with Crippen LogP contribution in [0, 0.1) is 11.8 Å². The van der Waals surface area contributed by atoms with Gasteiger partial charge in [-0.15, -0.1) is 15.3 Å². The van der Waals surface area contributed by atoms with Crippen molar-refractivity contribution in [1.29, 1.82) is 0 Å². The van der Waals surface area contributed by atoms with Gasteiger partial charge in [-0.1, -0.05) is 19.8 Å². The van der Waals surface area contributed by atoms with Crippen LogP contribution in [0.15, 0.2) is 12.1 Å². The van der Waals surface area contributed by atoms with Crippen molar-refractivity contribution in [1.82, 2.24) is 28.4 Å². The maximum atomic E-state index is 13.1. The summed E-state index contributed by atoms with van der Waals surface area (Å²) in [7, 11) is -3.33. The van der Waals surface area contributed by atoms with Crippen LogP contribution in [0.1, 0.15) is 38.4 Å². The molecule has 2 aromatic rings. The smallest absolute Gasteiger partial charge is 0.281 e. The molecule has 5 rings (SSSR count). The molecule has 9 nitrogen and oxygen atoms in total. The van der Waals surface area contributed by atoms with Crippen molar-refractivity contribution >= 4 is 21.7 Å². The lowest BCUT2D eigenvalue weighted by atomic mass is 10.0. The fourth-order valence-electron chi connectivity index (χ4n) is 4.97. The van der Waals surface area contributed by atoms with Crippen molar-refractivity contribution in [3.63, 3.8) is 0 Å². The summed E-state index contributed by atoms with van der Waals surface area (Å²) in [6, 6.07) is 3.95. The summed E-state index contributed by atoms with van der Waals surface area (Å²) in [5.41, 5.74) is 0.764. The van der Waals surface area contributed by atoms with Gasteiger partial charge < -0.3 is 4.90 Å². The first-order chi connectivity index (χ1) is 14.1. The fraction of sp³-hybridized carbons (Fsp3) is 0.737. The van der Waals surface area contributed by atoms with Gasteiger partial charge in [0.25, 0.3) is 10.2 Å². The Kier molecular flexibility index (Phi) is 4.95. The highest BCUT2D eigenvalue weighted by atomic mass is 32.2. The summed E-state index contributed by atoms with van der Waals surface area (Å²) in [6.07, 6.45) is 5.01. The second kappa shape index (κ2) is 7.48. The van der Waals surface area contributed by atoms with Crippen molar-refractivity contribution < 1.29 is 8.42 Å². The van der Waals surface area contributed by atoms with E-state index in [1.54, 1.807) is 8.61 Å². The van der Waals surface area contributed by atoms with E-state index in [0.29, 0.717) is 38.0 Å². The van der Waals surface area contributed by atoms with Gasteiger partial charge in [-0.25, -0.2) is 0 Å². The van der Waals surface area contributed by atoms with E-state index in [2.05, 4.69) is 15.1 Å². The number of hydrogen-bond acceptors (Lipinski definition) is 6. The number of hydrogen-bond donors (Lipinski definition) is 0. The van der Waals surface area contributed by atoms with Crippen molar-refractivity contribution in [2.45, 2.75) is 39.0 Å². The molecule has 158 valence electrons. The zero-order chi connectivity index (χ0) is 20.0. The molecule has 3 aliphatic rings. The maximum Gasteiger partial charge on any atom is 0.281 e. The Morgan fingerprint density at radius 3 is 2.28 bits per heavy atom. The molecule has 3 saturated heterocycles. The standard InChI is InChI=1S/C19H29N7O2S/c1-2-17-20-21-18-7-8-19(22-26(17)18)23-11-15-13-25(14-16(15)12-23)29(27,28)24-9-5-3-4-6-10-24/h7-8,15-16H,2-6,9-14H2,1H3. The molecule has 0 spiro atoms. The lowest BCUT2D eigenvalue weighted by Gasteiger charge is -2.27. The summed E-state index contributed by atoms with van der Waals surface area (Å²) in [5, 5.41) is 13.1. The fourth-order valence-corrected chi connectivity index (χ4v) is 6.78. The monoisotopic (exact) mass is 419 g/mol. The topological polar surface area (TPSA) is 86.9 Å². The highest BCUT2D eigenvalue weighted by Gasteiger charge is 2.45. The van der Waals surface area contributed by atoms with Gasteiger partial charge in [-0.05, 0) is 36.8 Å². The predicted molar refractivity (Wildman–Crippen MR) is 110 cm³/mol. The van der Waals surface area contributed by atoms with Crippen LogP contribution in [-0.4, -0.2) is 76.1 Å². The Balaban J connectivity index is 1.28. The minimum Gasteiger partial charge on any atom is -0.355 e. The highest BCUT2D eigenvalue weighted by Crippen LogP contribution is 2.35. The number of fused-ring (bicyclic) bond motifs is 2. The van der Waals surface area contributed by atoms with Gasteiger partial charge >= 0.3 is 0 Å². The molecule has 2 atom stereocenters. The molecule has 0 radical (unpaired) electrons. The summed E-state index contributed by atoms with van der Waals surface area (Å²) in [4.78, 5) is 2.28. The molecule has 29 heavy (non-hydrogen) atoms. The Morgan fingerprint density at radius 2 is 1.62 bits per heavy atom. The quantitative estimate of drug-likeness (QED) is 0.740. The lowest BCUT2D eigenvalue weighted by Crippen LogP contribution is -2.44. The number of anilines is 1. The van der Waals surface area contributed by atoms with Crippen LogP contribution >= 0.6 is 0 Å². The normalized spacial score (nSPS) is 26.9. The van der Waals surface area contributed by atoms with Crippen LogP contribution in [0.5, 0.6) is 0 Å². The Morgan fingerprint density at radius 1 is 0.931 bits per heavy atom. The van der Waals surface area contributed by atoms with Crippen LogP contribution in [-0.2, 0) is 16.6 Å². The molecule has 0 amide bonds. The largest absolute Gasteiger partial charge is 0.355 e. The highest BCUT2D eigenvalue weighted by molar-refractivity contribution is 7.86. The first kappa shape index (κ1) is 19.2. The minimum absolute atomic E-state index is 0.362. The van der Waals surface area contributed by atoms with E-state index in [-0.39, 0.29) is 0 Å². The second-order valence-corrected chi connectivity index (χ2v) is 10.4. The summed E-state index contributed by atoms with van der Waals surface area (Å²) in [6.45, 7) is 6.32. The molecule has 3 aliphatic heterocycles. The molecule has 5 heterocycles.